The van der Waals surface area contributed by atoms with E-state index in [-0.39, 0.29) is 30.3 Å². The molecule has 48 heavy (non-hydrogen) atoms. The van der Waals surface area contributed by atoms with Crippen LogP contribution in [-0.4, -0.2) is 120 Å². The summed E-state index contributed by atoms with van der Waals surface area (Å²) in [5.74, 6) is 2.80. The zero-order valence-corrected chi connectivity index (χ0v) is 29.1. The molecule has 3 N–H and O–H groups in total. The Hall–Kier alpha value is -3.30. The molecule has 0 radical (unpaired) electrons. The number of halogens is 1. The normalized spacial score (nSPS) is 25.6. The molecule has 5 fully saturated rings. The number of terminal acetylenes is 1. The summed E-state index contributed by atoms with van der Waals surface area (Å²) in [6, 6.07) is 4.17. The van der Waals surface area contributed by atoms with E-state index in [2.05, 4.69) is 26.4 Å². The first kappa shape index (κ1) is 33.2. The van der Waals surface area contributed by atoms with Crippen LogP contribution in [-0.2, 0) is 22.4 Å². The molecule has 6 aliphatic heterocycles. The summed E-state index contributed by atoms with van der Waals surface area (Å²) < 4.78 is 0. The lowest BCUT2D eigenvalue weighted by molar-refractivity contribution is -0.143. The van der Waals surface area contributed by atoms with Gasteiger partial charge in [0, 0.05) is 81.8 Å². The van der Waals surface area contributed by atoms with Crippen molar-refractivity contribution in [3.05, 3.63) is 44.6 Å². The average molecular weight is 692 g/mol. The van der Waals surface area contributed by atoms with Gasteiger partial charge in [-0.15, -0.1) is 17.8 Å². The Kier molecular flexibility index (Phi) is 9.88. The number of piperidine rings is 4. The standard InChI is InChI=1S/C36H46ClN7O3S/c1-2-25-17-24(19-30(37)34(25)38)18-28(35(46)43-15-13-41(14-16-43)32-21-40-8-3-26(32)4-9-40)20-33(45)42-10-6-29(7-11-42)44-12-5-27-22-48-23-31(27)39-36(44)47/h1,17,19,22-23,26,28-29,32H,3-16,18,20-21,38H2,(H,39,47)/t28-,32?/m0/s1. The zero-order valence-electron chi connectivity index (χ0n) is 27.5. The minimum Gasteiger partial charge on any atom is -0.397 e. The van der Waals surface area contributed by atoms with Gasteiger partial charge in [0.15, 0.2) is 0 Å². The maximum absolute atomic E-state index is 14.2. The molecule has 0 aliphatic carbocycles. The van der Waals surface area contributed by atoms with Crippen molar-refractivity contribution >= 4 is 52.2 Å². The number of thiophene rings is 1. The minimum absolute atomic E-state index is 0.00978. The smallest absolute Gasteiger partial charge is 0.322 e. The third-order valence-corrected chi connectivity index (χ3v) is 12.5. The molecule has 4 amide bonds. The van der Waals surface area contributed by atoms with E-state index < -0.39 is 5.92 Å². The van der Waals surface area contributed by atoms with Gasteiger partial charge in [-0.3, -0.25) is 14.5 Å². The van der Waals surface area contributed by atoms with Gasteiger partial charge in [-0.05, 0) is 86.2 Å². The van der Waals surface area contributed by atoms with Gasteiger partial charge in [0.2, 0.25) is 11.8 Å². The van der Waals surface area contributed by atoms with Gasteiger partial charge in [0.25, 0.3) is 0 Å². The summed E-state index contributed by atoms with van der Waals surface area (Å²) in [5.41, 5.74) is 9.83. The van der Waals surface area contributed by atoms with Gasteiger partial charge < -0.3 is 30.7 Å². The second-order valence-corrected chi connectivity index (χ2v) is 15.3. The quantitative estimate of drug-likeness (QED) is 0.338. The van der Waals surface area contributed by atoms with Crippen molar-refractivity contribution in [3.8, 4) is 12.3 Å². The van der Waals surface area contributed by atoms with E-state index in [9.17, 15) is 14.4 Å². The highest BCUT2D eigenvalue weighted by Crippen LogP contribution is 2.33. The topological polar surface area (TPSA) is 105 Å². The van der Waals surface area contributed by atoms with E-state index in [4.69, 9.17) is 23.8 Å². The molecule has 2 aromatic rings. The SMILES string of the molecule is C#Cc1cc(C[C@@H](CC(=O)N2CCC(N3CCc4cscc4NC3=O)CC2)C(=O)N2CCN(C3CN4CCC3CC4)CC2)cc(Cl)c1N. The molecule has 0 saturated carbocycles. The molecule has 6 aliphatic rings. The molecule has 8 rings (SSSR count). The summed E-state index contributed by atoms with van der Waals surface area (Å²) in [6.45, 7) is 8.41. The van der Waals surface area contributed by atoms with Crippen molar-refractivity contribution in [1.29, 1.82) is 0 Å². The van der Waals surface area contributed by atoms with Crippen LogP contribution in [0, 0.1) is 24.2 Å². The van der Waals surface area contributed by atoms with E-state index in [1.165, 1.54) is 31.5 Å². The molecule has 7 heterocycles. The lowest BCUT2D eigenvalue weighted by Gasteiger charge is -2.51. The number of rotatable bonds is 7. The van der Waals surface area contributed by atoms with Gasteiger partial charge in [-0.25, -0.2) is 4.79 Å². The number of hydrogen-bond acceptors (Lipinski definition) is 7. The van der Waals surface area contributed by atoms with E-state index >= 15 is 0 Å². The highest BCUT2D eigenvalue weighted by atomic mass is 35.5. The number of carbonyl (C=O) groups is 3. The molecule has 1 unspecified atom stereocenters. The average Bonchev–Trinajstić information content (AvgIpc) is 3.49. The summed E-state index contributed by atoms with van der Waals surface area (Å²) in [7, 11) is 0. The summed E-state index contributed by atoms with van der Waals surface area (Å²) >= 11 is 8.04. The van der Waals surface area contributed by atoms with Crippen molar-refractivity contribution in [3.63, 3.8) is 0 Å². The second kappa shape index (κ2) is 14.3. The van der Waals surface area contributed by atoms with E-state index in [0.29, 0.717) is 74.3 Å². The van der Waals surface area contributed by atoms with Crippen molar-refractivity contribution in [2.75, 3.05) is 76.5 Å². The first-order valence-electron chi connectivity index (χ1n) is 17.5. The fraction of sp³-hybridized carbons (Fsp3) is 0.583. The molecule has 0 spiro atoms. The maximum atomic E-state index is 14.2. The number of anilines is 2. The number of piperazine rings is 1. The number of nitrogens with one attached hydrogen (secondary N) is 1. The molecular weight excluding hydrogens is 646 g/mol. The number of carbonyl (C=O) groups excluding carboxylic acids is 3. The molecular formula is C36H46ClN7O3S. The number of nitrogen functional groups attached to an aromatic ring is 1. The molecule has 256 valence electrons. The largest absolute Gasteiger partial charge is 0.397 e. The van der Waals surface area contributed by atoms with Crippen LogP contribution in [0.15, 0.2) is 22.9 Å². The number of fused-ring (bicyclic) bond motifs is 4. The molecule has 12 heteroatoms. The molecule has 1 aromatic heterocycles. The number of hydrogen-bond donors (Lipinski definition) is 2. The predicted octanol–water partition coefficient (Wildman–Crippen LogP) is 3.83. The van der Waals surface area contributed by atoms with E-state index in [0.717, 1.165) is 43.2 Å². The van der Waals surface area contributed by atoms with Crippen molar-refractivity contribution in [1.82, 2.24) is 24.5 Å². The summed E-state index contributed by atoms with van der Waals surface area (Å²) in [6.07, 6.45) is 11.0. The first-order chi connectivity index (χ1) is 23.3. The van der Waals surface area contributed by atoms with Gasteiger partial charge in [-0.2, -0.15) is 0 Å². The van der Waals surface area contributed by atoms with Crippen LogP contribution < -0.4 is 11.1 Å². The van der Waals surface area contributed by atoms with Crippen LogP contribution in [0.3, 0.4) is 0 Å². The fourth-order valence-corrected chi connectivity index (χ4v) is 9.66. The monoisotopic (exact) mass is 691 g/mol. The third-order valence-electron chi connectivity index (χ3n) is 11.4. The van der Waals surface area contributed by atoms with Crippen LogP contribution in [0.2, 0.25) is 5.02 Å². The summed E-state index contributed by atoms with van der Waals surface area (Å²) in [4.78, 5) is 52.0. The molecule has 2 bridgehead atoms. The van der Waals surface area contributed by atoms with Crippen molar-refractivity contribution in [2.24, 2.45) is 11.8 Å². The Morgan fingerprint density at radius 3 is 2.44 bits per heavy atom. The number of likely N-dealkylation sites (tertiary alicyclic amines) is 1. The van der Waals surface area contributed by atoms with Crippen molar-refractivity contribution in [2.45, 2.75) is 57.0 Å². The molecule has 2 atom stereocenters. The third kappa shape index (κ3) is 6.90. The second-order valence-electron chi connectivity index (χ2n) is 14.2. The Bertz CT molecular complexity index is 1570. The fourth-order valence-electron chi connectivity index (χ4n) is 8.59. The Morgan fingerprint density at radius 2 is 1.75 bits per heavy atom. The lowest BCUT2D eigenvalue weighted by Crippen LogP contribution is -2.61. The van der Waals surface area contributed by atoms with E-state index in [1.807, 2.05) is 26.1 Å². The molecule has 10 nitrogen and oxygen atoms in total. The van der Waals surface area contributed by atoms with Crippen LogP contribution in [0.25, 0.3) is 0 Å². The van der Waals surface area contributed by atoms with Gasteiger partial charge in [0.05, 0.1) is 22.3 Å². The lowest BCUT2D eigenvalue weighted by atomic mass is 9.83. The van der Waals surface area contributed by atoms with Crippen molar-refractivity contribution < 1.29 is 14.4 Å². The zero-order chi connectivity index (χ0) is 33.4. The van der Waals surface area contributed by atoms with Crippen LogP contribution in [0.1, 0.15) is 48.8 Å². The highest BCUT2D eigenvalue weighted by molar-refractivity contribution is 7.08. The van der Waals surface area contributed by atoms with Crippen LogP contribution in [0.4, 0.5) is 16.2 Å². The van der Waals surface area contributed by atoms with Gasteiger partial charge >= 0.3 is 6.03 Å². The van der Waals surface area contributed by atoms with Crippen LogP contribution >= 0.6 is 22.9 Å². The summed E-state index contributed by atoms with van der Waals surface area (Å²) in [5, 5.41) is 7.51. The number of nitrogens with zero attached hydrogens (tertiary/aromatic N) is 5. The van der Waals surface area contributed by atoms with E-state index in [1.54, 1.807) is 17.4 Å². The highest BCUT2D eigenvalue weighted by Gasteiger charge is 2.40. The predicted molar refractivity (Wildman–Crippen MR) is 190 cm³/mol. The minimum atomic E-state index is -0.542. The Morgan fingerprint density at radius 1 is 1.00 bits per heavy atom. The Labute approximate surface area is 292 Å². The number of nitrogens with two attached hydrogens (primary N) is 1. The molecule has 1 aromatic carbocycles. The number of urea groups is 1. The first-order valence-corrected chi connectivity index (χ1v) is 18.8. The van der Waals surface area contributed by atoms with Crippen LogP contribution in [0.5, 0.6) is 0 Å². The van der Waals surface area contributed by atoms with Gasteiger partial charge in [-0.1, -0.05) is 17.5 Å². The molecule has 5 saturated heterocycles. The van der Waals surface area contributed by atoms with Gasteiger partial charge in [0.1, 0.15) is 0 Å². The Balaban J connectivity index is 0.998. The number of benzene rings is 1. The number of amides is 4. The maximum Gasteiger partial charge on any atom is 0.322 e.